The van der Waals surface area contributed by atoms with Gasteiger partial charge in [-0.15, -0.1) is 24.0 Å². The van der Waals surface area contributed by atoms with Crippen molar-refractivity contribution < 1.29 is 4.79 Å². The van der Waals surface area contributed by atoms with Gasteiger partial charge in [-0.25, -0.2) is 0 Å². The number of nitrogens with one attached hydrogen (secondary N) is 1. The molecule has 1 rings (SSSR count). The molecule has 0 aliphatic carbocycles. The average molecular weight is 439 g/mol. The Bertz CT molecular complexity index is 373. The van der Waals surface area contributed by atoms with Crippen molar-refractivity contribution in [1.82, 2.24) is 20.0 Å². The van der Waals surface area contributed by atoms with Gasteiger partial charge in [-0.1, -0.05) is 0 Å². The van der Waals surface area contributed by atoms with Gasteiger partial charge in [-0.2, -0.15) is 0 Å². The van der Waals surface area contributed by atoms with Crippen molar-refractivity contribution in [2.75, 3.05) is 59.9 Å². The fourth-order valence-electron chi connectivity index (χ4n) is 2.81. The van der Waals surface area contributed by atoms with Gasteiger partial charge >= 0.3 is 0 Å². The second-order valence-electron chi connectivity index (χ2n) is 6.03. The molecule has 0 bridgehead atoms. The summed E-state index contributed by atoms with van der Waals surface area (Å²) in [6.45, 7) is 11.9. The van der Waals surface area contributed by atoms with Crippen LogP contribution in [0.15, 0.2) is 4.99 Å². The molecule has 1 saturated heterocycles. The van der Waals surface area contributed by atoms with E-state index < -0.39 is 0 Å². The molecule has 1 N–H and O–H groups in total. The Kier molecular flexibility index (Phi) is 11.6. The number of halogens is 1. The van der Waals surface area contributed by atoms with E-state index >= 15 is 0 Å². The van der Waals surface area contributed by atoms with Crippen LogP contribution in [0.3, 0.4) is 0 Å². The molecule has 0 spiro atoms. The Morgan fingerprint density at radius 2 is 1.96 bits per heavy atom. The van der Waals surface area contributed by atoms with Crippen LogP contribution in [-0.2, 0) is 4.79 Å². The van der Waals surface area contributed by atoms with Gasteiger partial charge in [0.15, 0.2) is 5.96 Å². The predicted molar refractivity (Wildman–Crippen MR) is 108 cm³/mol. The third kappa shape index (κ3) is 7.69. The van der Waals surface area contributed by atoms with E-state index in [0.717, 1.165) is 45.2 Å². The number of carbonyl (C=O) groups excluding carboxylic acids is 1. The molecule has 1 heterocycles. The van der Waals surface area contributed by atoms with Crippen molar-refractivity contribution in [3.05, 3.63) is 0 Å². The van der Waals surface area contributed by atoms with E-state index in [4.69, 9.17) is 4.99 Å². The van der Waals surface area contributed by atoms with Crippen LogP contribution in [0, 0.1) is 5.92 Å². The van der Waals surface area contributed by atoms with E-state index in [-0.39, 0.29) is 29.9 Å². The van der Waals surface area contributed by atoms with E-state index in [9.17, 15) is 4.79 Å². The third-order valence-corrected chi connectivity index (χ3v) is 4.17. The number of carbonyl (C=O) groups is 1. The standard InChI is InChI=1S/C16H33N5O.HI/c1-6-17-16(18-11-14-9-10-19(4)12-14)20(5)13-15(22)21(7-2)8-3;/h14H,6-13H2,1-5H3,(H,17,18);1H. The monoisotopic (exact) mass is 439 g/mol. The minimum atomic E-state index is 0. The first kappa shape index (κ1) is 22.4. The summed E-state index contributed by atoms with van der Waals surface area (Å²) in [6, 6.07) is 0. The van der Waals surface area contributed by atoms with Gasteiger partial charge in [0.25, 0.3) is 0 Å². The van der Waals surface area contributed by atoms with Gasteiger partial charge < -0.3 is 20.0 Å². The summed E-state index contributed by atoms with van der Waals surface area (Å²) in [4.78, 5) is 23.1. The maximum absolute atomic E-state index is 12.2. The van der Waals surface area contributed by atoms with Crippen molar-refractivity contribution in [2.24, 2.45) is 10.9 Å². The first-order valence-electron chi connectivity index (χ1n) is 8.47. The zero-order valence-corrected chi connectivity index (χ0v) is 17.7. The molecule has 23 heavy (non-hydrogen) atoms. The van der Waals surface area contributed by atoms with Crippen LogP contribution in [0.25, 0.3) is 0 Å². The Hall–Kier alpha value is -0.570. The van der Waals surface area contributed by atoms with Gasteiger partial charge in [-0.05, 0) is 46.7 Å². The Morgan fingerprint density at radius 1 is 1.30 bits per heavy atom. The van der Waals surface area contributed by atoms with Crippen molar-refractivity contribution in [1.29, 1.82) is 0 Å². The summed E-state index contributed by atoms with van der Waals surface area (Å²) < 4.78 is 0. The smallest absolute Gasteiger partial charge is 0.242 e. The highest BCUT2D eigenvalue weighted by Crippen LogP contribution is 2.14. The minimum absolute atomic E-state index is 0. The van der Waals surface area contributed by atoms with Crippen molar-refractivity contribution >= 4 is 35.8 Å². The molecule has 136 valence electrons. The van der Waals surface area contributed by atoms with Gasteiger partial charge in [0.1, 0.15) is 0 Å². The fraction of sp³-hybridized carbons (Fsp3) is 0.875. The molecule has 1 fully saturated rings. The molecular formula is C16H34IN5O. The molecule has 0 radical (unpaired) electrons. The molecule has 1 amide bonds. The van der Waals surface area contributed by atoms with Gasteiger partial charge in [0, 0.05) is 39.8 Å². The first-order valence-corrected chi connectivity index (χ1v) is 8.47. The summed E-state index contributed by atoms with van der Waals surface area (Å²) in [6.07, 6.45) is 1.21. The van der Waals surface area contributed by atoms with Crippen LogP contribution in [-0.4, -0.2) is 86.5 Å². The number of rotatable bonds is 7. The maximum Gasteiger partial charge on any atom is 0.242 e. The van der Waals surface area contributed by atoms with Gasteiger partial charge in [-0.3, -0.25) is 9.79 Å². The number of aliphatic imine (C=N–C) groups is 1. The summed E-state index contributed by atoms with van der Waals surface area (Å²) in [7, 11) is 4.09. The number of likely N-dealkylation sites (tertiary alicyclic amines) is 1. The highest BCUT2D eigenvalue weighted by atomic mass is 127. The van der Waals surface area contributed by atoms with Crippen molar-refractivity contribution in [3.8, 4) is 0 Å². The molecule has 0 saturated carbocycles. The van der Waals surface area contributed by atoms with E-state index in [1.807, 2.05) is 30.7 Å². The molecule has 1 aliphatic rings. The van der Waals surface area contributed by atoms with Gasteiger partial charge in [0.05, 0.1) is 6.54 Å². The second kappa shape index (κ2) is 11.9. The normalized spacial score (nSPS) is 18.5. The van der Waals surface area contributed by atoms with E-state index in [1.165, 1.54) is 6.42 Å². The van der Waals surface area contributed by atoms with E-state index in [2.05, 4.69) is 24.2 Å². The lowest BCUT2D eigenvalue weighted by atomic mass is 10.1. The molecule has 6 nitrogen and oxygen atoms in total. The Labute approximate surface area is 158 Å². The van der Waals surface area contributed by atoms with Crippen LogP contribution >= 0.6 is 24.0 Å². The average Bonchev–Trinajstić information content (AvgIpc) is 2.90. The molecule has 0 aromatic rings. The largest absolute Gasteiger partial charge is 0.357 e. The number of hydrogen-bond acceptors (Lipinski definition) is 3. The topological polar surface area (TPSA) is 51.2 Å². The lowest BCUT2D eigenvalue weighted by molar-refractivity contribution is -0.131. The molecule has 0 aromatic carbocycles. The van der Waals surface area contributed by atoms with Crippen molar-refractivity contribution in [3.63, 3.8) is 0 Å². The van der Waals surface area contributed by atoms with E-state index in [0.29, 0.717) is 12.5 Å². The van der Waals surface area contributed by atoms with E-state index in [1.54, 1.807) is 0 Å². The zero-order valence-electron chi connectivity index (χ0n) is 15.3. The summed E-state index contributed by atoms with van der Waals surface area (Å²) in [5, 5.41) is 3.29. The molecule has 0 aromatic heterocycles. The lowest BCUT2D eigenvalue weighted by Crippen LogP contribution is -2.45. The fourth-order valence-corrected chi connectivity index (χ4v) is 2.81. The molecule has 1 atom stereocenters. The highest BCUT2D eigenvalue weighted by Gasteiger charge is 2.20. The molecular weight excluding hydrogens is 405 g/mol. The van der Waals surface area contributed by atoms with Gasteiger partial charge in [0.2, 0.25) is 5.91 Å². The quantitative estimate of drug-likeness (QED) is 0.370. The number of amides is 1. The summed E-state index contributed by atoms with van der Waals surface area (Å²) >= 11 is 0. The van der Waals surface area contributed by atoms with Crippen LogP contribution in [0.1, 0.15) is 27.2 Å². The maximum atomic E-state index is 12.2. The van der Waals surface area contributed by atoms with Crippen LogP contribution < -0.4 is 5.32 Å². The Morgan fingerprint density at radius 3 is 2.43 bits per heavy atom. The number of likely N-dealkylation sites (N-methyl/N-ethyl adjacent to an activating group) is 2. The first-order chi connectivity index (χ1) is 10.5. The third-order valence-electron chi connectivity index (χ3n) is 4.17. The van der Waals surface area contributed by atoms with Crippen LogP contribution in [0.2, 0.25) is 0 Å². The second-order valence-corrected chi connectivity index (χ2v) is 6.03. The lowest BCUT2D eigenvalue weighted by Gasteiger charge is -2.26. The number of nitrogens with zero attached hydrogens (tertiary/aromatic N) is 4. The van der Waals surface area contributed by atoms with Crippen LogP contribution in [0.5, 0.6) is 0 Å². The number of hydrogen-bond donors (Lipinski definition) is 1. The zero-order chi connectivity index (χ0) is 16.5. The summed E-state index contributed by atoms with van der Waals surface area (Å²) in [5.74, 6) is 1.61. The molecule has 1 unspecified atom stereocenters. The minimum Gasteiger partial charge on any atom is -0.357 e. The predicted octanol–water partition coefficient (Wildman–Crippen LogP) is 1.32. The SMILES string of the molecule is CCNC(=NCC1CCN(C)C1)N(C)CC(=O)N(CC)CC.I. The summed E-state index contributed by atoms with van der Waals surface area (Å²) in [5.41, 5.74) is 0. The highest BCUT2D eigenvalue weighted by molar-refractivity contribution is 14.0. The Balaban J connectivity index is 0.00000484. The number of guanidine groups is 1. The van der Waals surface area contributed by atoms with Crippen molar-refractivity contribution in [2.45, 2.75) is 27.2 Å². The molecule has 7 heteroatoms. The van der Waals surface area contributed by atoms with Crippen LogP contribution in [0.4, 0.5) is 0 Å². The molecule has 1 aliphatic heterocycles.